The Morgan fingerprint density at radius 1 is 1.26 bits per heavy atom. The van der Waals surface area contributed by atoms with Gasteiger partial charge in [0.05, 0.1) is 6.04 Å². The summed E-state index contributed by atoms with van der Waals surface area (Å²) in [6, 6.07) is 5.05. The summed E-state index contributed by atoms with van der Waals surface area (Å²) in [6.07, 6.45) is 6.90. The van der Waals surface area contributed by atoms with Gasteiger partial charge in [-0.3, -0.25) is 4.79 Å². The average Bonchev–Trinajstić information content (AvgIpc) is 2.84. The number of nitrogens with one attached hydrogen (secondary N) is 1. The van der Waals surface area contributed by atoms with Gasteiger partial charge in [0, 0.05) is 24.6 Å². The van der Waals surface area contributed by atoms with Crippen LogP contribution in [0.15, 0.2) is 18.2 Å². The molecule has 3 rings (SSSR count). The van der Waals surface area contributed by atoms with Crippen LogP contribution in [0.2, 0.25) is 0 Å². The quantitative estimate of drug-likeness (QED) is 0.878. The van der Waals surface area contributed by atoms with Crippen LogP contribution in [0, 0.1) is 0 Å². The number of hydrogen-bond acceptors (Lipinski definition) is 4. The molecule has 1 atom stereocenters. The standard InChI is InChI=1S/C17H24N2O3.ClH/c1-2-6-13(18)16(20)19-12-7-8-14-15(11-12)22-17(21-14)9-4-3-5-10-17;/h7-8,11,13H,2-6,9-10,18H2,1H3,(H,19,20);1H. The summed E-state index contributed by atoms with van der Waals surface area (Å²) in [4.78, 5) is 12.0. The first-order valence-electron chi connectivity index (χ1n) is 8.20. The van der Waals surface area contributed by atoms with E-state index in [1.807, 2.05) is 25.1 Å². The Balaban J connectivity index is 0.00000192. The van der Waals surface area contributed by atoms with Crippen LogP contribution in [-0.4, -0.2) is 17.7 Å². The second kappa shape index (κ2) is 7.41. The van der Waals surface area contributed by atoms with E-state index in [-0.39, 0.29) is 18.3 Å². The van der Waals surface area contributed by atoms with Crippen molar-refractivity contribution in [2.75, 3.05) is 5.32 Å². The fraction of sp³-hybridized carbons (Fsp3) is 0.588. The maximum absolute atomic E-state index is 12.0. The highest BCUT2D eigenvalue weighted by molar-refractivity contribution is 5.94. The smallest absolute Gasteiger partial charge is 0.251 e. The average molecular weight is 341 g/mol. The molecule has 1 saturated carbocycles. The van der Waals surface area contributed by atoms with Gasteiger partial charge in [0.1, 0.15) is 0 Å². The molecule has 128 valence electrons. The van der Waals surface area contributed by atoms with Crippen LogP contribution < -0.4 is 20.5 Å². The zero-order valence-electron chi connectivity index (χ0n) is 13.5. The van der Waals surface area contributed by atoms with Crippen LogP contribution in [0.1, 0.15) is 51.9 Å². The Labute approximate surface area is 143 Å². The van der Waals surface area contributed by atoms with Gasteiger partial charge in [0.15, 0.2) is 11.5 Å². The second-order valence-electron chi connectivity index (χ2n) is 6.22. The van der Waals surface area contributed by atoms with E-state index in [4.69, 9.17) is 15.2 Å². The Morgan fingerprint density at radius 2 is 1.96 bits per heavy atom. The van der Waals surface area contributed by atoms with E-state index < -0.39 is 11.8 Å². The number of nitrogens with two attached hydrogens (primary N) is 1. The molecule has 23 heavy (non-hydrogen) atoms. The van der Waals surface area contributed by atoms with E-state index in [0.717, 1.165) is 37.9 Å². The van der Waals surface area contributed by atoms with Crippen molar-refractivity contribution in [3.8, 4) is 11.5 Å². The van der Waals surface area contributed by atoms with Crippen LogP contribution in [0.5, 0.6) is 11.5 Å². The molecular formula is C17H25ClN2O3. The first-order chi connectivity index (χ1) is 10.6. The normalized spacial score (nSPS) is 19.0. The molecule has 0 radical (unpaired) electrons. The molecule has 1 amide bonds. The SMILES string of the molecule is CCCC(N)C(=O)Nc1ccc2c(c1)OC1(CCCCC1)O2.Cl. The molecule has 0 saturated heterocycles. The van der Waals surface area contributed by atoms with E-state index >= 15 is 0 Å². The lowest BCUT2D eigenvalue weighted by atomic mass is 9.94. The van der Waals surface area contributed by atoms with Gasteiger partial charge < -0.3 is 20.5 Å². The number of carbonyl (C=O) groups excluding carboxylic acids is 1. The van der Waals surface area contributed by atoms with Crippen molar-refractivity contribution in [2.24, 2.45) is 5.73 Å². The monoisotopic (exact) mass is 340 g/mol. The summed E-state index contributed by atoms with van der Waals surface area (Å²) >= 11 is 0. The van der Waals surface area contributed by atoms with Gasteiger partial charge >= 0.3 is 0 Å². The molecule has 0 bridgehead atoms. The maximum Gasteiger partial charge on any atom is 0.251 e. The lowest BCUT2D eigenvalue weighted by molar-refractivity contribution is -0.117. The van der Waals surface area contributed by atoms with E-state index in [1.165, 1.54) is 6.42 Å². The third-order valence-corrected chi connectivity index (χ3v) is 4.35. The summed E-state index contributed by atoms with van der Waals surface area (Å²) in [6.45, 7) is 2.01. The molecule has 1 aromatic rings. The van der Waals surface area contributed by atoms with E-state index in [9.17, 15) is 4.79 Å². The minimum atomic E-state index is -0.484. The van der Waals surface area contributed by atoms with Gasteiger partial charge in [-0.1, -0.05) is 19.8 Å². The molecule has 3 N–H and O–H groups in total. The molecule has 0 aromatic heterocycles. The number of halogens is 1. The fourth-order valence-electron chi connectivity index (χ4n) is 3.14. The summed E-state index contributed by atoms with van der Waals surface area (Å²) in [5.41, 5.74) is 6.53. The van der Waals surface area contributed by atoms with Crippen molar-refractivity contribution in [3.05, 3.63) is 18.2 Å². The van der Waals surface area contributed by atoms with Crippen LogP contribution >= 0.6 is 12.4 Å². The number of ether oxygens (including phenoxy) is 2. The predicted molar refractivity (Wildman–Crippen MR) is 92.3 cm³/mol. The predicted octanol–water partition coefficient (Wildman–Crippen LogP) is 3.61. The van der Waals surface area contributed by atoms with Crippen molar-refractivity contribution in [2.45, 2.75) is 63.7 Å². The summed E-state index contributed by atoms with van der Waals surface area (Å²) in [5, 5.41) is 2.85. The largest absolute Gasteiger partial charge is 0.448 e. The van der Waals surface area contributed by atoms with Crippen molar-refractivity contribution in [1.29, 1.82) is 0 Å². The molecule has 1 spiro atoms. The number of fused-ring (bicyclic) bond motifs is 1. The summed E-state index contributed by atoms with van der Waals surface area (Å²) in [5.74, 6) is 0.830. The number of benzene rings is 1. The van der Waals surface area contributed by atoms with E-state index in [2.05, 4.69) is 5.32 Å². The van der Waals surface area contributed by atoms with Gasteiger partial charge in [-0.15, -0.1) is 12.4 Å². The fourth-order valence-corrected chi connectivity index (χ4v) is 3.14. The zero-order valence-corrected chi connectivity index (χ0v) is 14.3. The number of rotatable bonds is 4. The zero-order chi connectivity index (χ0) is 15.6. The van der Waals surface area contributed by atoms with E-state index in [1.54, 1.807) is 0 Å². The highest BCUT2D eigenvalue weighted by Gasteiger charge is 2.42. The lowest BCUT2D eigenvalue weighted by Crippen LogP contribution is -2.40. The van der Waals surface area contributed by atoms with Crippen LogP contribution in [0.4, 0.5) is 5.69 Å². The van der Waals surface area contributed by atoms with Crippen molar-refractivity contribution in [3.63, 3.8) is 0 Å². The molecule has 1 unspecified atom stereocenters. The third-order valence-electron chi connectivity index (χ3n) is 4.35. The van der Waals surface area contributed by atoms with Gasteiger partial charge in [0.25, 0.3) is 5.79 Å². The summed E-state index contributed by atoms with van der Waals surface area (Å²) < 4.78 is 12.1. The number of carbonyl (C=O) groups is 1. The Bertz CT molecular complexity index is 559. The number of hydrogen-bond donors (Lipinski definition) is 2. The molecule has 1 fully saturated rings. The van der Waals surface area contributed by atoms with Gasteiger partial charge in [-0.2, -0.15) is 0 Å². The van der Waals surface area contributed by atoms with Gasteiger partial charge in [0.2, 0.25) is 5.91 Å². The highest BCUT2D eigenvalue weighted by Crippen LogP contribution is 2.46. The number of anilines is 1. The second-order valence-corrected chi connectivity index (χ2v) is 6.22. The molecule has 1 aromatic carbocycles. The molecule has 1 heterocycles. The maximum atomic E-state index is 12.0. The van der Waals surface area contributed by atoms with Crippen molar-refractivity contribution in [1.82, 2.24) is 0 Å². The summed E-state index contributed by atoms with van der Waals surface area (Å²) in [7, 11) is 0. The van der Waals surface area contributed by atoms with Crippen molar-refractivity contribution >= 4 is 24.0 Å². The molecule has 5 nitrogen and oxygen atoms in total. The Hall–Kier alpha value is -1.46. The topological polar surface area (TPSA) is 73.6 Å². The van der Waals surface area contributed by atoms with Crippen LogP contribution in [0.25, 0.3) is 0 Å². The van der Waals surface area contributed by atoms with Gasteiger partial charge in [-0.25, -0.2) is 0 Å². The number of amides is 1. The van der Waals surface area contributed by atoms with Crippen LogP contribution in [0.3, 0.4) is 0 Å². The molecule has 6 heteroatoms. The highest BCUT2D eigenvalue weighted by atomic mass is 35.5. The molecule has 1 aliphatic heterocycles. The minimum absolute atomic E-state index is 0. The first kappa shape index (κ1) is 17.9. The van der Waals surface area contributed by atoms with Gasteiger partial charge in [-0.05, 0) is 31.4 Å². The van der Waals surface area contributed by atoms with Crippen LogP contribution in [-0.2, 0) is 4.79 Å². The third kappa shape index (κ3) is 3.90. The lowest BCUT2D eigenvalue weighted by Gasteiger charge is -2.31. The Morgan fingerprint density at radius 3 is 2.65 bits per heavy atom. The van der Waals surface area contributed by atoms with E-state index in [0.29, 0.717) is 17.9 Å². The minimum Gasteiger partial charge on any atom is -0.448 e. The molecule has 1 aliphatic carbocycles. The Kier molecular flexibility index (Phi) is 5.76. The molecular weight excluding hydrogens is 316 g/mol. The molecule has 2 aliphatic rings. The van der Waals surface area contributed by atoms with Crippen molar-refractivity contribution < 1.29 is 14.3 Å². The first-order valence-corrected chi connectivity index (χ1v) is 8.20.